The molecule has 0 aliphatic rings. The number of nitrogens with zero attached hydrogens (tertiary/aromatic N) is 1. The van der Waals surface area contributed by atoms with Crippen LogP contribution in [0.25, 0.3) is 0 Å². The van der Waals surface area contributed by atoms with Crippen molar-refractivity contribution in [2.24, 2.45) is 0 Å². The Hall–Kier alpha value is -2.77. The van der Waals surface area contributed by atoms with Gasteiger partial charge in [-0.05, 0) is 54.1 Å². The van der Waals surface area contributed by atoms with E-state index >= 15 is 0 Å². The Kier molecular flexibility index (Phi) is 6.06. The second-order valence-electron chi connectivity index (χ2n) is 6.18. The maximum absolute atomic E-state index is 13.0. The van der Waals surface area contributed by atoms with Crippen molar-refractivity contribution in [3.8, 4) is 5.75 Å². The van der Waals surface area contributed by atoms with Gasteiger partial charge >= 0.3 is 10.1 Å². The molecule has 3 aromatic rings. The van der Waals surface area contributed by atoms with Gasteiger partial charge in [0.2, 0.25) is 0 Å². The number of hydrogen-bond acceptors (Lipinski definition) is 5. The van der Waals surface area contributed by atoms with Crippen molar-refractivity contribution in [1.82, 2.24) is 4.90 Å². The van der Waals surface area contributed by atoms with E-state index in [1.165, 1.54) is 0 Å². The van der Waals surface area contributed by atoms with Gasteiger partial charge in [0.05, 0.1) is 19.1 Å². The van der Waals surface area contributed by atoms with Crippen molar-refractivity contribution in [3.63, 3.8) is 0 Å². The lowest BCUT2D eigenvalue weighted by Crippen LogP contribution is -2.30. The zero-order chi connectivity index (χ0) is 20.1. The fourth-order valence-corrected chi connectivity index (χ4v) is 3.20. The fourth-order valence-electron chi connectivity index (χ4n) is 2.61. The highest BCUT2D eigenvalue weighted by Crippen LogP contribution is 2.19. The molecule has 0 aliphatic carbocycles. The minimum absolute atomic E-state index is 0.176. The van der Waals surface area contributed by atoms with Crippen LogP contribution in [0.1, 0.15) is 21.7 Å². The summed E-state index contributed by atoms with van der Waals surface area (Å²) in [6, 6.07) is 16.8. The van der Waals surface area contributed by atoms with E-state index in [9.17, 15) is 13.2 Å². The third-order valence-corrected chi connectivity index (χ3v) is 4.60. The summed E-state index contributed by atoms with van der Waals surface area (Å²) < 4.78 is 32.7. The zero-order valence-electron chi connectivity index (χ0n) is 15.0. The van der Waals surface area contributed by atoms with E-state index in [-0.39, 0.29) is 18.2 Å². The monoisotopic (exact) mass is 419 g/mol. The lowest BCUT2D eigenvalue weighted by atomic mass is 10.1. The van der Waals surface area contributed by atoms with Crippen molar-refractivity contribution >= 4 is 27.6 Å². The Balaban J connectivity index is 1.80. The van der Waals surface area contributed by atoms with Gasteiger partial charge in [0.1, 0.15) is 11.5 Å². The quantitative estimate of drug-likeness (QED) is 0.538. The Morgan fingerprint density at radius 2 is 1.71 bits per heavy atom. The Bertz CT molecular complexity index is 1030. The molecule has 0 N–H and O–H groups in total. The molecule has 2 aromatic carbocycles. The van der Waals surface area contributed by atoms with Gasteiger partial charge in [-0.2, -0.15) is 8.42 Å². The number of carbonyl (C=O) groups is 1. The van der Waals surface area contributed by atoms with Crippen molar-refractivity contribution in [2.45, 2.75) is 13.1 Å². The van der Waals surface area contributed by atoms with E-state index < -0.39 is 10.1 Å². The van der Waals surface area contributed by atoms with Crippen LogP contribution in [-0.2, 0) is 23.2 Å². The molecule has 146 valence electrons. The van der Waals surface area contributed by atoms with Gasteiger partial charge in [0.15, 0.2) is 0 Å². The summed E-state index contributed by atoms with van der Waals surface area (Å²) in [4.78, 5) is 14.6. The normalized spacial score (nSPS) is 11.2. The largest absolute Gasteiger partial charge is 0.467 e. The summed E-state index contributed by atoms with van der Waals surface area (Å²) in [5, 5.41) is 0.551. The molecule has 6 nitrogen and oxygen atoms in total. The van der Waals surface area contributed by atoms with E-state index in [1.54, 1.807) is 71.8 Å². The van der Waals surface area contributed by atoms with Crippen LogP contribution in [0.15, 0.2) is 71.3 Å². The lowest BCUT2D eigenvalue weighted by molar-refractivity contribution is 0.0717. The number of rotatable bonds is 7. The molecule has 0 unspecified atom stereocenters. The third kappa shape index (κ3) is 5.61. The van der Waals surface area contributed by atoms with Crippen LogP contribution in [0.3, 0.4) is 0 Å². The van der Waals surface area contributed by atoms with Gasteiger partial charge in [-0.3, -0.25) is 4.79 Å². The molecule has 1 amide bonds. The first-order chi connectivity index (χ1) is 13.3. The molecule has 0 atom stereocenters. The van der Waals surface area contributed by atoms with Gasteiger partial charge in [0.25, 0.3) is 5.91 Å². The molecular weight excluding hydrogens is 402 g/mol. The summed E-state index contributed by atoms with van der Waals surface area (Å²) in [6.45, 7) is 0.595. The SMILES string of the molecule is CS(=O)(=O)Oc1ccc(CN(Cc2ccco2)C(=O)c2ccc(Cl)cc2)cc1. The van der Waals surface area contributed by atoms with Gasteiger partial charge in [-0.1, -0.05) is 23.7 Å². The number of halogens is 1. The summed E-state index contributed by atoms with van der Waals surface area (Å²) in [5.74, 6) is 0.691. The highest BCUT2D eigenvalue weighted by Gasteiger charge is 2.18. The Morgan fingerprint density at radius 1 is 1.04 bits per heavy atom. The maximum atomic E-state index is 13.0. The molecule has 0 radical (unpaired) electrons. The summed E-state index contributed by atoms with van der Waals surface area (Å²) in [6.07, 6.45) is 2.54. The summed E-state index contributed by atoms with van der Waals surface area (Å²) in [5.41, 5.74) is 1.32. The van der Waals surface area contributed by atoms with Crippen LogP contribution in [0.5, 0.6) is 5.75 Å². The van der Waals surface area contributed by atoms with Gasteiger partial charge < -0.3 is 13.5 Å². The molecule has 1 aromatic heterocycles. The van der Waals surface area contributed by atoms with Crippen molar-refractivity contribution in [1.29, 1.82) is 0 Å². The third-order valence-electron chi connectivity index (χ3n) is 3.85. The second-order valence-corrected chi connectivity index (χ2v) is 8.19. The van der Waals surface area contributed by atoms with E-state index in [2.05, 4.69) is 0 Å². The highest BCUT2D eigenvalue weighted by molar-refractivity contribution is 7.86. The van der Waals surface area contributed by atoms with E-state index in [0.717, 1.165) is 11.8 Å². The molecule has 0 spiro atoms. The van der Waals surface area contributed by atoms with Gasteiger partial charge in [-0.25, -0.2) is 0 Å². The smallest absolute Gasteiger partial charge is 0.306 e. The first-order valence-electron chi connectivity index (χ1n) is 8.36. The van der Waals surface area contributed by atoms with Crippen LogP contribution in [-0.4, -0.2) is 25.5 Å². The molecule has 0 aliphatic heterocycles. The Labute approximate surface area is 168 Å². The highest BCUT2D eigenvalue weighted by atomic mass is 35.5. The first-order valence-corrected chi connectivity index (χ1v) is 10.6. The first kappa shape index (κ1) is 20.0. The maximum Gasteiger partial charge on any atom is 0.306 e. The molecule has 1 heterocycles. The molecule has 0 fully saturated rings. The number of amides is 1. The van der Waals surface area contributed by atoms with Gasteiger partial charge in [-0.15, -0.1) is 0 Å². The van der Waals surface area contributed by atoms with Crippen LogP contribution in [0.2, 0.25) is 5.02 Å². The second kappa shape index (κ2) is 8.50. The molecule has 28 heavy (non-hydrogen) atoms. The number of benzene rings is 2. The van der Waals surface area contributed by atoms with Crippen molar-refractivity contribution < 1.29 is 21.8 Å². The predicted molar refractivity (Wildman–Crippen MR) is 106 cm³/mol. The molecule has 0 bridgehead atoms. The van der Waals surface area contributed by atoms with Gasteiger partial charge in [0, 0.05) is 17.1 Å². The number of hydrogen-bond donors (Lipinski definition) is 0. The minimum Gasteiger partial charge on any atom is -0.467 e. The Morgan fingerprint density at radius 3 is 2.29 bits per heavy atom. The van der Waals surface area contributed by atoms with Crippen molar-refractivity contribution in [3.05, 3.63) is 88.8 Å². The molecule has 3 rings (SSSR count). The summed E-state index contributed by atoms with van der Waals surface area (Å²) >= 11 is 5.91. The average Bonchev–Trinajstić information content (AvgIpc) is 3.15. The van der Waals surface area contributed by atoms with Crippen LogP contribution < -0.4 is 4.18 Å². The van der Waals surface area contributed by atoms with Crippen molar-refractivity contribution in [2.75, 3.05) is 6.26 Å². The zero-order valence-corrected chi connectivity index (χ0v) is 16.6. The standard InChI is InChI=1S/C20H18ClNO5S/c1-28(24,25)27-18-10-4-15(5-11-18)13-22(14-19-3-2-12-26-19)20(23)16-6-8-17(21)9-7-16/h2-12H,13-14H2,1H3. The molecule has 0 saturated carbocycles. The minimum atomic E-state index is -3.59. The van der Waals surface area contributed by atoms with Crippen LogP contribution in [0.4, 0.5) is 0 Å². The fraction of sp³-hybridized carbons (Fsp3) is 0.150. The predicted octanol–water partition coefficient (Wildman–Crippen LogP) is 4.11. The van der Waals surface area contributed by atoms with E-state index in [1.807, 2.05) is 0 Å². The number of furan rings is 1. The molecule has 0 saturated heterocycles. The molecule has 8 heteroatoms. The summed E-state index contributed by atoms with van der Waals surface area (Å²) in [7, 11) is -3.59. The van der Waals surface area contributed by atoms with Crippen LogP contribution >= 0.6 is 11.6 Å². The van der Waals surface area contributed by atoms with E-state index in [0.29, 0.717) is 22.9 Å². The molecular formula is C20H18ClNO5S. The topological polar surface area (TPSA) is 76.8 Å². The average molecular weight is 420 g/mol. The number of carbonyl (C=O) groups excluding carboxylic acids is 1. The van der Waals surface area contributed by atoms with E-state index in [4.69, 9.17) is 20.2 Å². The lowest BCUT2D eigenvalue weighted by Gasteiger charge is -2.22. The van der Waals surface area contributed by atoms with Crippen LogP contribution in [0, 0.1) is 0 Å².